The molecule has 2 amide bonds. The molecule has 9 heteroatoms. The number of anilines is 1. The summed E-state index contributed by atoms with van der Waals surface area (Å²) in [6, 6.07) is 19.4. The van der Waals surface area contributed by atoms with Gasteiger partial charge in [0.1, 0.15) is 0 Å². The summed E-state index contributed by atoms with van der Waals surface area (Å²) in [6.45, 7) is 3.01. The van der Waals surface area contributed by atoms with Crippen molar-refractivity contribution >= 4 is 52.2 Å². The van der Waals surface area contributed by atoms with Gasteiger partial charge in [-0.3, -0.25) is 9.59 Å². The highest BCUT2D eigenvalue weighted by molar-refractivity contribution is 8.03. The number of benzene rings is 2. The molecule has 0 aliphatic carbocycles. The molecule has 42 heavy (non-hydrogen) atoms. The Bertz CT molecular complexity index is 1500. The predicted octanol–water partition coefficient (Wildman–Crippen LogP) is 5.30. The van der Waals surface area contributed by atoms with E-state index < -0.39 is 17.8 Å². The average Bonchev–Trinajstić information content (AvgIpc) is 3.46. The molecule has 8 nitrogen and oxygen atoms in total. The number of rotatable bonds is 12. The van der Waals surface area contributed by atoms with Crippen LogP contribution >= 0.6 is 11.8 Å². The molecule has 5 rings (SSSR count). The van der Waals surface area contributed by atoms with Crippen molar-refractivity contribution < 1.29 is 28.3 Å². The fourth-order valence-electron chi connectivity index (χ4n) is 5.58. The van der Waals surface area contributed by atoms with Crippen molar-refractivity contribution in [1.82, 2.24) is 5.06 Å². The normalized spacial score (nSPS) is 16.1. The van der Waals surface area contributed by atoms with Gasteiger partial charge in [-0.15, -0.1) is 5.06 Å². The third-order valence-corrected chi connectivity index (χ3v) is 9.18. The van der Waals surface area contributed by atoms with E-state index in [-0.39, 0.29) is 19.3 Å². The number of thioether (sulfide) groups is 1. The SMILES string of the molecule is CN1/C(=C/c2cc[n+](CCC[N+](C)(C)CCCCCC(=O)ON3C(=O)CCC3=O)c3ccccc23)Sc2ccccc21. The molecule has 3 aromatic rings. The third-order valence-electron chi connectivity index (χ3n) is 8.01. The van der Waals surface area contributed by atoms with Crippen molar-refractivity contribution in [2.75, 3.05) is 39.1 Å². The molecule has 0 N–H and O–H groups in total. The van der Waals surface area contributed by atoms with Crippen molar-refractivity contribution in [3.8, 4) is 0 Å². The van der Waals surface area contributed by atoms with Crippen LogP contribution < -0.4 is 9.47 Å². The van der Waals surface area contributed by atoms with Gasteiger partial charge in [0, 0.05) is 43.3 Å². The fourth-order valence-corrected chi connectivity index (χ4v) is 6.68. The van der Waals surface area contributed by atoms with E-state index in [9.17, 15) is 14.4 Å². The first-order chi connectivity index (χ1) is 20.2. The molecule has 2 aliphatic rings. The van der Waals surface area contributed by atoms with Gasteiger partial charge in [-0.25, -0.2) is 4.79 Å². The minimum atomic E-state index is -0.516. The van der Waals surface area contributed by atoms with Crippen LogP contribution in [-0.4, -0.2) is 61.6 Å². The maximum Gasteiger partial charge on any atom is 0.333 e. The van der Waals surface area contributed by atoms with E-state index in [0.717, 1.165) is 43.4 Å². The summed E-state index contributed by atoms with van der Waals surface area (Å²) in [5.41, 5.74) is 3.72. The van der Waals surface area contributed by atoms with E-state index in [4.69, 9.17) is 4.84 Å². The predicted molar refractivity (Wildman–Crippen MR) is 165 cm³/mol. The van der Waals surface area contributed by atoms with Crippen LogP contribution in [-0.2, 0) is 25.8 Å². The van der Waals surface area contributed by atoms with Crippen molar-refractivity contribution in [1.29, 1.82) is 0 Å². The standard InChI is InChI=1S/C33H40N4O4S/c1-34-28-14-8-9-15-29(28)42-32(34)24-25-19-21-35(27-13-7-6-12-26(25)27)20-11-23-37(2,3)22-10-4-5-16-33(40)41-36-30(38)17-18-31(36)39/h6-9,12-15,19,21,24H,4-5,10-11,16-18,20,22-23H2,1-3H3/q+2. The molecule has 1 fully saturated rings. The summed E-state index contributed by atoms with van der Waals surface area (Å²) in [4.78, 5) is 43.7. The number of amides is 2. The van der Waals surface area contributed by atoms with Crippen LogP contribution in [0.4, 0.5) is 5.69 Å². The van der Waals surface area contributed by atoms with Crippen molar-refractivity contribution in [2.45, 2.75) is 56.4 Å². The Morgan fingerprint density at radius 1 is 0.952 bits per heavy atom. The summed E-state index contributed by atoms with van der Waals surface area (Å²) < 4.78 is 3.27. The molecule has 1 aromatic heterocycles. The van der Waals surface area contributed by atoms with Gasteiger partial charge in [0.2, 0.25) is 5.52 Å². The van der Waals surface area contributed by atoms with Gasteiger partial charge in [-0.1, -0.05) is 36.0 Å². The second-order valence-corrected chi connectivity index (χ2v) is 12.7. The summed E-state index contributed by atoms with van der Waals surface area (Å²) in [7, 11) is 6.64. The summed E-state index contributed by atoms with van der Waals surface area (Å²) in [5, 5.41) is 3.11. The molecule has 1 saturated heterocycles. The number of hydroxylamine groups is 2. The van der Waals surface area contributed by atoms with E-state index in [1.54, 1.807) is 0 Å². The number of para-hydroxylation sites is 2. The van der Waals surface area contributed by atoms with Gasteiger partial charge in [-0.2, -0.15) is 4.57 Å². The second-order valence-electron chi connectivity index (χ2n) is 11.7. The van der Waals surface area contributed by atoms with Crippen molar-refractivity contribution in [2.24, 2.45) is 0 Å². The molecule has 0 spiro atoms. The maximum atomic E-state index is 12.0. The molecule has 3 heterocycles. The van der Waals surface area contributed by atoms with Crippen LogP contribution in [0.5, 0.6) is 0 Å². The average molecular weight is 589 g/mol. The Balaban J connectivity index is 1.10. The molecule has 0 unspecified atom stereocenters. The number of nitrogens with zero attached hydrogens (tertiary/aromatic N) is 4. The molecule has 2 aliphatic heterocycles. The number of carbonyl (C=O) groups excluding carboxylic acids is 3. The minimum absolute atomic E-state index is 0.115. The highest BCUT2D eigenvalue weighted by Gasteiger charge is 2.32. The lowest BCUT2D eigenvalue weighted by Gasteiger charge is -2.29. The van der Waals surface area contributed by atoms with Gasteiger partial charge < -0.3 is 14.2 Å². The smallest absolute Gasteiger partial charge is 0.333 e. The van der Waals surface area contributed by atoms with E-state index in [0.29, 0.717) is 11.5 Å². The Labute approximate surface area is 252 Å². The number of carbonyl (C=O) groups is 3. The Kier molecular flexibility index (Phi) is 9.28. The van der Waals surface area contributed by atoms with Crippen molar-refractivity contribution in [3.63, 3.8) is 0 Å². The number of hydrogen-bond donors (Lipinski definition) is 0. The number of unbranched alkanes of at least 4 members (excludes halogenated alkanes) is 2. The highest BCUT2D eigenvalue weighted by atomic mass is 32.2. The third kappa shape index (κ3) is 7.02. The van der Waals surface area contributed by atoms with Gasteiger partial charge >= 0.3 is 5.97 Å². The first-order valence-electron chi connectivity index (χ1n) is 14.7. The zero-order valence-corrected chi connectivity index (χ0v) is 25.6. The molecular formula is C33H40N4O4S+2. The molecule has 220 valence electrons. The first-order valence-corrected chi connectivity index (χ1v) is 15.6. The zero-order chi connectivity index (χ0) is 29.7. The van der Waals surface area contributed by atoms with Crippen LogP contribution in [0.2, 0.25) is 0 Å². The number of hydrogen-bond acceptors (Lipinski definition) is 6. The number of quaternary nitrogens is 1. The first kappa shape index (κ1) is 29.8. The van der Waals surface area contributed by atoms with Crippen molar-refractivity contribution in [3.05, 3.63) is 71.4 Å². The quantitative estimate of drug-likeness (QED) is 0.124. The number of fused-ring (bicyclic) bond motifs is 2. The Hall–Kier alpha value is -3.69. The number of aryl methyl sites for hydroxylation is 1. The van der Waals surface area contributed by atoms with Crippen LogP contribution in [0.15, 0.2) is 70.7 Å². The number of aromatic nitrogens is 1. The number of imide groups is 1. The summed E-state index contributed by atoms with van der Waals surface area (Å²) in [5.74, 6) is -1.39. The van der Waals surface area contributed by atoms with Gasteiger partial charge in [0.25, 0.3) is 11.8 Å². The molecule has 0 bridgehead atoms. The van der Waals surface area contributed by atoms with E-state index in [1.807, 2.05) is 11.8 Å². The molecule has 2 aromatic carbocycles. The van der Waals surface area contributed by atoms with Gasteiger partial charge in [-0.05, 0) is 49.1 Å². The molecular weight excluding hydrogens is 548 g/mol. The Morgan fingerprint density at radius 3 is 2.45 bits per heavy atom. The lowest BCUT2D eigenvalue weighted by molar-refractivity contribution is -0.892. The fraction of sp³-hybridized carbons (Fsp3) is 0.394. The molecule has 0 saturated carbocycles. The molecule has 0 radical (unpaired) electrons. The zero-order valence-electron chi connectivity index (χ0n) is 24.8. The summed E-state index contributed by atoms with van der Waals surface area (Å²) >= 11 is 1.81. The minimum Gasteiger partial charge on any atom is -0.338 e. The Morgan fingerprint density at radius 2 is 1.67 bits per heavy atom. The number of pyridine rings is 1. The monoisotopic (exact) mass is 588 g/mol. The van der Waals surface area contributed by atoms with Gasteiger partial charge in [0.05, 0.1) is 49.7 Å². The van der Waals surface area contributed by atoms with Crippen LogP contribution in [0.1, 0.15) is 50.5 Å². The highest BCUT2D eigenvalue weighted by Crippen LogP contribution is 2.45. The van der Waals surface area contributed by atoms with E-state index in [2.05, 4.69) is 97.5 Å². The van der Waals surface area contributed by atoms with Crippen LogP contribution in [0.25, 0.3) is 17.0 Å². The maximum absolute atomic E-state index is 12.0. The van der Waals surface area contributed by atoms with E-state index in [1.165, 1.54) is 32.1 Å². The van der Waals surface area contributed by atoms with Gasteiger partial charge in [0.15, 0.2) is 12.7 Å². The van der Waals surface area contributed by atoms with Crippen LogP contribution in [0, 0.1) is 0 Å². The van der Waals surface area contributed by atoms with E-state index >= 15 is 0 Å². The molecule has 0 atom stereocenters. The largest absolute Gasteiger partial charge is 0.338 e. The second kappa shape index (κ2) is 13.1. The van der Waals surface area contributed by atoms with Crippen LogP contribution in [0.3, 0.4) is 0 Å². The summed E-state index contributed by atoms with van der Waals surface area (Å²) in [6.07, 6.45) is 8.58. The lowest BCUT2D eigenvalue weighted by Crippen LogP contribution is -2.44. The topological polar surface area (TPSA) is 70.8 Å². The lowest BCUT2D eigenvalue weighted by atomic mass is 10.1.